The maximum absolute atomic E-state index is 14.6. The maximum atomic E-state index is 14.6. The number of carbonyl (C=O) groups is 1. The van der Waals surface area contributed by atoms with Crippen LogP contribution >= 0.6 is 0 Å². The lowest BCUT2D eigenvalue weighted by atomic mass is 9.92. The number of aldehydes is 1. The Morgan fingerprint density at radius 1 is 1.24 bits per heavy atom. The van der Waals surface area contributed by atoms with Crippen LogP contribution in [0.1, 0.15) is 28.8 Å². The van der Waals surface area contributed by atoms with Crippen molar-refractivity contribution in [2.75, 3.05) is 11.5 Å². The zero-order valence-electron chi connectivity index (χ0n) is 9.23. The standard InChI is InChI=1S/C12H13FO3S/c13-12(6-1-7-17(15,16)9-12)11-4-2-10(8-14)3-5-11/h2-5,8H,1,6-7,9H2. The monoisotopic (exact) mass is 256 g/mol. The van der Waals surface area contributed by atoms with Crippen molar-refractivity contribution in [2.45, 2.75) is 18.5 Å². The number of hydrogen-bond donors (Lipinski definition) is 0. The van der Waals surface area contributed by atoms with Gasteiger partial charge in [-0.05, 0) is 18.4 Å². The summed E-state index contributed by atoms with van der Waals surface area (Å²) in [5.74, 6) is -0.397. The van der Waals surface area contributed by atoms with E-state index < -0.39 is 21.3 Å². The summed E-state index contributed by atoms with van der Waals surface area (Å²) in [6.45, 7) is 0. The Bertz CT molecular complexity index is 521. The van der Waals surface area contributed by atoms with Gasteiger partial charge in [-0.3, -0.25) is 4.79 Å². The molecular formula is C12H13FO3S. The Morgan fingerprint density at radius 2 is 1.88 bits per heavy atom. The highest BCUT2D eigenvalue weighted by atomic mass is 32.2. The minimum absolute atomic E-state index is 0.0606. The Kier molecular flexibility index (Phi) is 3.03. The number of sulfone groups is 1. The van der Waals surface area contributed by atoms with Crippen LogP contribution in [0.25, 0.3) is 0 Å². The van der Waals surface area contributed by atoms with Crippen LogP contribution in [-0.2, 0) is 15.5 Å². The molecule has 17 heavy (non-hydrogen) atoms. The van der Waals surface area contributed by atoms with E-state index in [0.717, 1.165) is 0 Å². The Labute approximate surface area is 99.6 Å². The number of carbonyl (C=O) groups excluding carboxylic acids is 1. The highest BCUT2D eigenvalue weighted by molar-refractivity contribution is 7.91. The molecule has 1 saturated heterocycles. The molecule has 1 aliphatic rings. The Hall–Kier alpha value is -1.23. The molecule has 1 aromatic rings. The molecule has 0 N–H and O–H groups in total. The molecule has 1 unspecified atom stereocenters. The van der Waals surface area contributed by atoms with E-state index in [1.807, 2.05) is 0 Å². The van der Waals surface area contributed by atoms with E-state index in [9.17, 15) is 17.6 Å². The first-order valence-electron chi connectivity index (χ1n) is 5.40. The summed E-state index contributed by atoms with van der Waals surface area (Å²) in [5, 5.41) is 0. The van der Waals surface area contributed by atoms with Gasteiger partial charge in [0.1, 0.15) is 12.0 Å². The largest absolute Gasteiger partial charge is 0.298 e. The lowest BCUT2D eigenvalue weighted by Crippen LogP contribution is -2.36. The number of rotatable bonds is 2. The lowest BCUT2D eigenvalue weighted by molar-refractivity contribution is 0.112. The van der Waals surface area contributed by atoms with E-state index in [1.165, 1.54) is 24.3 Å². The van der Waals surface area contributed by atoms with Gasteiger partial charge in [0.2, 0.25) is 0 Å². The van der Waals surface area contributed by atoms with E-state index in [1.54, 1.807) is 0 Å². The van der Waals surface area contributed by atoms with E-state index in [4.69, 9.17) is 0 Å². The van der Waals surface area contributed by atoms with Gasteiger partial charge in [-0.15, -0.1) is 0 Å². The molecule has 1 aliphatic heterocycles. The topological polar surface area (TPSA) is 51.2 Å². The molecule has 92 valence electrons. The van der Waals surface area contributed by atoms with Crippen molar-refractivity contribution in [3.8, 4) is 0 Å². The van der Waals surface area contributed by atoms with Gasteiger partial charge in [0.05, 0.1) is 11.5 Å². The molecule has 1 aromatic carbocycles. The molecule has 0 radical (unpaired) electrons. The fraction of sp³-hybridized carbons (Fsp3) is 0.417. The van der Waals surface area contributed by atoms with Crippen molar-refractivity contribution in [2.24, 2.45) is 0 Å². The zero-order valence-corrected chi connectivity index (χ0v) is 10.0. The van der Waals surface area contributed by atoms with Crippen LogP contribution in [0.3, 0.4) is 0 Å². The molecule has 0 bridgehead atoms. The van der Waals surface area contributed by atoms with Gasteiger partial charge in [-0.2, -0.15) is 0 Å². The molecular weight excluding hydrogens is 243 g/mol. The van der Waals surface area contributed by atoms with Gasteiger partial charge in [0.15, 0.2) is 9.84 Å². The summed E-state index contributed by atoms with van der Waals surface area (Å²) in [6.07, 6.45) is 1.23. The van der Waals surface area contributed by atoms with Crippen molar-refractivity contribution in [3.63, 3.8) is 0 Å². The minimum atomic E-state index is -3.30. The Balaban J connectivity index is 2.33. The number of hydrogen-bond acceptors (Lipinski definition) is 3. The van der Waals surface area contributed by atoms with Crippen molar-refractivity contribution < 1.29 is 17.6 Å². The van der Waals surface area contributed by atoms with Gasteiger partial charge in [-0.1, -0.05) is 24.3 Å². The molecule has 1 fully saturated rings. The second-order valence-corrected chi connectivity index (χ2v) is 6.58. The molecule has 1 atom stereocenters. The fourth-order valence-corrected chi connectivity index (χ4v) is 3.89. The lowest BCUT2D eigenvalue weighted by Gasteiger charge is -2.29. The second-order valence-electron chi connectivity index (χ2n) is 4.40. The molecule has 0 spiro atoms. The summed E-state index contributed by atoms with van der Waals surface area (Å²) in [7, 11) is -3.30. The van der Waals surface area contributed by atoms with Crippen molar-refractivity contribution in [1.82, 2.24) is 0 Å². The second kappa shape index (κ2) is 4.22. The van der Waals surface area contributed by atoms with E-state index in [0.29, 0.717) is 23.8 Å². The summed E-state index contributed by atoms with van der Waals surface area (Å²) in [6, 6.07) is 5.99. The van der Waals surface area contributed by atoms with E-state index in [-0.39, 0.29) is 12.2 Å². The predicted octanol–water partition coefficient (Wildman–Crippen LogP) is 1.87. The molecule has 0 aromatic heterocycles. The summed E-state index contributed by atoms with van der Waals surface area (Å²) < 4.78 is 37.5. The maximum Gasteiger partial charge on any atom is 0.153 e. The van der Waals surface area contributed by atoms with Gasteiger partial charge >= 0.3 is 0 Å². The number of halogens is 1. The minimum Gasteiger partial charge on any atom is -0.298 e. The SMILES string of the molecule is O=Cc1ccc(C2(F)CCCS(=O)(=O)C2)cc1. The first-order chi connectivity index (χ1) is 7.95. The molecule has 1 heterocycles. The van der Waals surface area contributed by atoms with Crippen LogP contribution in [0.5, 0.6) is 0 Å². The van der Waals surface area contributed by atoms with E-state index in [2.05, 4.69) is 0 Å². The molecule has 3 nitrogen and oxygen atoms in total. The highest BCUT2D eigenvalue weighted by Gasteiger charge is 2.40. The predicted molar refractivity (Wildman–Crippen MR) is 62.5 cm³/mol. The first-order valence-corrected chi connectivity index (χ1v) is 7.22. The highest BCUT2D eigenvalue weighted by Crippen LogP contribution is 2.36. The average Bonchev–Trinajstić information content (AvgIpc) is 2.27. The average molecular weight is 256 g/mol. The summed E-state index contributed by atoms with van der Waals surface area (Å²) in [5.41, 5.74) is -1.01. The fourth-order valence-electron chi connectivity index (χ4n) is 2.15. The zero-order chi connectivity index (χ0) is 12.5. The smallest absolute Gasteiger partial charge is 0.153 e. The van der Waals surface area contributed by atoms with Gasteiger partial charge in [-0.25, -0.2) is 12.8 Å². The number of benzene rings is 1. The molecule has 5 heteroatoms. The number of alkyl halides is 1. The third-order valence-electron chi connectivity index (χ3n) is 3.04. The van der Waals surface area contributed by atoms with Crippen molar-refractivity contribution in [1.29, 1.82) is 0 Å². The molecule has 0 amide bonds. The van der Waals surface area contributed by atoms with Crippen LogP contribution in [0.2, 0.25) is 0 Å². The Morgan fingerprint density at radius 3 is 2.41 bits per heavy atom. The third-order valence-corrected chi connectivity index (χ3v) is 4.85. The van der Waals surface area contributed by atoms with Crippen LogP contribution in [0, 0.1) is 0 Å². The van der Waals surface area contributed by atoms with Crippen LogP contribution < -0.4 is 0 Å². The van der Waals surface area contributed by atoms with Crippen molar-refractivity contribution >= 4 is 16.1 Å². The molecule has 0 saturated carbocycles. The van der Waals surface area contributed by atoms with Crippen LogP contribution in [-0.4, -0.2) is 26.2 Å². The summed E-state index contributed by atoms with van der Waals surface area (Å²) >= 11 is 0. The van der Waals surface area contributed by atoms with Crippen LogP contribution in [0.15, 0.2) is 24.3 Å². The first kappa shape index (κ1) is 12.2. The summed E-state index contributed by atoms with van der Waals surface area (Å²) in [4.78, 5) is 10.5. The quantitative estimate of drug-likeness (QED) is 0.759. The van der Waals surface area contributed by atoms with Crippen LogP contribution in [0.4, 0.5) is 4.39 Å². The molecule has 2 rings (SSSR count). The van der Waals surface area contributed by atoms with E-state index >= 15 is 0 Å². The normalized spacial score (nSPS) is 27.6. The van der Waals surface area contributed by atoms with Gasteiger partial charge < -0.3 is 0 Å². The van der Waals surface area contributed by atoms with Crippen molar-refractivity contribution in [3.05, 3.63) is 35.4 Å². The van der Waals surface area contributed by atoms with Gasteiger partial charge in [0.25, 0.3) is 0 Å². The van der Waals surface area contributed by atoms with Gasteiger partial charge in [0, 0.05) is 5.56 Å². The molecule has 0 aliphatic carbocycles. The third kappa shape index (κ3) is 2.54.